The average Bonchev–Trinajstić information content (AvgIpc) is 2.89. The number of hydrogen-bond acceptors (Lipinski definition) is 5. The molecule has 0 saturated carbocycles. The van der Waals surface area contributed by atoms with Crippen molar-refractivity contribution in [3.8, 4) is 17.3 Å². The van der Waals surface area contributed by atoms with Crippen LogP contribution in [-0.4, -0.2) is 30.7 Å². The molecule has 0 aliphatic heterocycles. The molecule has 4 nitrogen and oxygen atoms in total. The Morgan fingerprint density at radius 3 is 2.95 bits per heavy atom. The molecule has 0 aliphatic carbocycles. The van der Waals surface area contributed by atoms with Gasteiger partial charge in [0.2, 0.25) is 0 Å². The van der Waals surface area contributed by atoms with E-state index in [0.29, 0.717) is 5.56 Å². The molecule has 1 radical (unpaired) electrons. The first-order valence-corrected chi connectivity index (χ1v) is 9.39. The van der Waals surface area contributed by atoms with Crippen molar-refractivity contribution in [2.45, 2.75) is 0 Å². The summed E-state index contributed by atoms with van der Waals surface area (Å²) in [5.74, 6) is 0. The maximum atomic E-state index is 8.99. The second-order valence-electron chi connectivity index (χ2n) is 3.99. The van der Waals surface area contributed by atoms with Crippen LogP contribution in [0, 0.1) is 11.3 Å². The van der Waals surface area contributed by atoms with Gasteiger partial charge in [-0.05, 0) is 0 Å². The van der Waals surface area contributed by atoms with Crippen LogP contribution in [0.3, 0.4) is 0 Å². The Balaban J connectivity index is 1.93. The van der Waals surface area contributed by atoms with E-state index in [9.17, 15) is 0 Å². The summed E-state index contributed by atoms with van der Waals surface area (Å²) in [7, 11) is 0. The third-order valence-corrected chi connectivity index (χ3v) is 6.73. The van der Waals surface area contributed by atoms with E-state index in [-0.39, 0.29) is 15.8 Å². The van der Waals surface area contributed by atoms with Crippen molar-refractivity contribution in [2.75, 3.05) is 0 Å². The van der Waals surface area contributed by atoms with Gasteiger partial charge in [0.05, 0.1) is 0 Å². The maximum absolute atomic E-state index is 8.99. The molecule has 3 aromatic rings. The summed E-state index contributed by atoms with van der Waals surface area (Å²) in [4.78, 5) is 13.1. The molecule has 0 spiro atoms. The molecule has 1 aromatic carbocycles. The molecule has 0 atom stereocenters. The Kier molecular flexibility index (Phi) is 4.44. The Hall–Kier alpha value is -1.54. The predicted molar refractivity (Wildman–Crippen MR) is 87.0 cm³/mol. The SMILES string of the molecule is N#Cc1cccc(-c2nc([As]c3cnccn3)sc2Br)c1. The number of rotatable bonds is 3. The van der Waals surface area contributed by atoms with E-state index in [1.54, 1.807) is 36.0 Å². The van der Waals surface area contributed by atoms with Gasteiger partial charge in [0.15, 0.2) is 0 Å². The Morgan fingerprint density at radius 1 is 1.29 bits per heavy atom. The van der Waals surface area contributed by atoms with E-state index >= 15 is 0 Å². The standard InChI is InChI=1S/C14H7AsBrN4S/c16-13-12(10-3-1-2-9(6-10)7-17)20-14(21-13)15-11-8-18-4-5-19-11/h1-6,8H. The molecule has 0 bridgehead atoms. The normalized spacial score (nSPS) is 10.9. The first-order chi connectivity index (χ1) is 10.3. The minimum atomic E-state index is -0.273. The molecule has 3 rings (SSSR count). The van der Waals surface area contributed by atoms with Gasteiger partial charge in [-0.2, -0.15) is 0 Å². The van der Waals surface area contributed by atoms with Crippen LogP contribution in [0.15, 0.2) is 46.6 Å². The van der Waals surface area contributed by atoms with Crippen LogP contribution in [0.1, 0.15) is 5.56 Å². The van der Waals surface area contributed by atoms with Crippen LogP contribution >= 0.6 is 27.3 Å². The van der Waals surface area contributed by atoms with Crippen LogP contribution in [0.5, 0.6) is 0 Å². The molecule has 2 aromatic heterocycles. The zero-order chi connectivity index (χ0) is 14.7. The van der Waals surface area contributed by atoms with Crippen molar-refractivity contribution in [1.82, 2.24) is 15.0 Å². The second kappa shape index (κ2) is 6.48. The minimum absolute atomic E-state index is 0.273. The number of nitrogens with zero attached hydrogens (tertiary/aromatic N) is 4. The van der Waals surface area contributed by atoms with Crippen LogP contribution in [0.4, 0.5) is 0 Å². The molecular weight excluding hydrogens is 411 g/mol. The van der Waals surface area contributed by atoms with Crippen molar-refractivity contribution >= 4 is 51.3 Å². The van der Waals surface area contributed by atoms with Crippen molar-refractivity contribution in [2.24, 2.45) is 0 Å². The molecule has 0 N–H and O–H groups in total. The molecule has 2 heterocycles. The van der Waals surface area contributed by atoms with Gasteiger partial charge in [0.25, 0.3) is 0 Å². The summed E-state index contributed by atoms with van der Waals surface area (Å²) >= 11 is 4.91. The van der Waals surface area contributed by atoms with Gasteiger partial charge in [-0.25, -0.2) is 0 Å². The number of benzene rings is 1. The van der Waals surface area contributed by atoms with Gasteiger partial charge in [-0.1, -0.05) is 0 Å². The summed E-state index contributed by atoms with van der Waals surface area (Å²) in [5.41, 5.74) is 2.46. The molecule has 7 heteroatoms. The zero-order valence-electron chi connectivity index (χ0n) is 10.6. The fourth-order valence-corrected chi connectivity index (χ4v) is 6.49. The number of hydrogen-bond donors (Lipinski definition) is 0. The molecule has 21 heavy (non-hydrogen) atoms. The second-order valence-corrected chi connectivity index (χ2v) is 9.28. The van der Waals surface area contributed by atoms with Crippen LogP contribution in [0.25, 0.3) is 11.3 Å². The first kappa shape index (κ1) is 14.4. The number of aromatic nitrogens is 3. The van der Waals surface area contributed by atoms with Crippen molar-refractivity contribution in [3.05, 3.63) is 52.2 Å². The van der Waals surface area contributed by atoms with E-state index in [1.807, 2.05) is 18.2 Å². The van der Waals surface area contributed by atoms with E-state index < -0.39 is 0 Å². The van der Waals surface area contributed by atoms with Gasteiger partial charge in [-0.15, -0.1) is 0 Å². The van der Waals surface area contributed by atoms with E-state index in [1.165, 1.54) is 0 Å². The zero-order valence-corrected chi connectivity index (χ0v) is 14.8. The molecular formula is C14H7AsBrN4S. The van der Waals surface area contributed by atoms with E-state index in [2.05, 4.69) is 37.0 Å². The summed E-state index contributed by atoms with van der Waals surface area (Å²) < 4.78 is 3.01. The van der Waals surface area contributed by atoms with Gasteiger partial charge < -0.3 is 0 Å². The topological polar surface area (TPSA) is 62.5 Å². The van der Waals surface area contributed by atoms with Gasteiger partial charge in [-0.3, -0.25) is 0 Å². The van der Waals surface area contributed by atoms with Crippen LogP contribution in [-0.2, 0) is 0 Å². The third-order valence-electron chi connectivity index (χ3n) is 2.60. The summed E-state index contributed by atoms with van der Waals surface area (Å²) in [6.45, 7) is 0. The summed E-state index contributed by atoms with van der Waals surface area (Å²) in [5, 5.41) is 8.99. The average molecular weight is 418 g/mol. The van der Waals surface area contributed by atoms with Crippen LogP contribution < -0.4 is 8.28 Å². The van der Waals surface area contributed by atoms with Crippen LogP contribution in [0.2, 0.25) is 0 Å². The molecule has 0 saturated heterocycles. The number of halogens is 1. The van der Waals surface area contributed by atoms with Gasteiger partial charge in [0.1, 0.15) is 0 Å². The Morgan fingerprint density at radius 2 is 2.19 bits per heavy atom. The van der Waals surface area contributed by atoms with Crippen molar-refractivity contribution in [1.29, 1.82) is 5.26 Å². The fourth-order valence-electron chi connectivity index (χ4n) is 1.70. The third kappa shape index (κ3) is 3.38. The summed E-state index contributed by atoms with van der Waals surface area (Å²) in [6.07, 6.45) is 5.15. The number of thiazole rings is 1. The molecule has 0 fully saturated rings. The predicted octanol–water partition coefficient (Wildman–Crippen LogP) is 1.89. The van der Waals surface area contributed by atoms with Gasteiger partial charge >= 0.3 is 141 Å². The molecule has 0 amide bonds. The van der Waals surface area contributed by atoms with Crippen molar-refractivity contribution in [3.63, 3.8) is 0 Å². The molecule has 101 valence electrons. The van der Waals surface area contributed by atoms with Crippen molar-refractivity contribution < 1.29 is 0 Å². The monoisotopic (exact) mass is 417 g/mol. The van der Waals surface area contributed by atoms with Gasteiger partial charge in [0, 0.05) is 0 Å². The van der Waals surface area contributed by atoms with E-state index in [4.69, 9.17) is 5.26 Å². The number of nitriles is 1. The summed E-state index contributed by atoms with van der Waals surface area (Å²) in [6, 6.07) is 9.62. The first-order valence-electron chi connectivity index (χ1n) is 5.91. The van der Waals surface area contributed by atoms with E-state index in [0.717, 1.165) is 23.3 Å². The Labute approximate surface area is 140 Å². The molecule has 0 aliphatic rings. The molecule has 0 unspecified atom stereocenters. The fraction of sp³-hybridized carbons (Fsp3) is 0. The Bertz CT molecular complexity index is 813. The quantitative estimate of drug-likeness (QED) is 0.610.